The molecule has 0 amide bonds. The van der Waals surface area contributed by atoms with E-state index in [1.165, 1.54) is 37.8 Å². The van der Waals surface area contributed by atoms with Gasteiger partial charge in [0, 0.05) is 23.7 Å². The van der Waals surface area contributed by atoms with E-state index in [1.807, 2.05) is 6.07 Å². The van der Waals surface area contributed by atoms with Crippen molar-refractivity contribution in [3.8, 4) is 0 Å². The molecule has 0 radical (unpaired) electrons. The Morgan fingerprint density at radius 3 is 3.00 bits per heavy atom. The fourth-order valence-corrected chi connectivity index (χ4v) is 3.46. The van der Waals surface area contributed by atoms with Gasteiger partial charge in [-0.15, -0.1) is 0 Å². The van der Waals surface area contributed by atoms with Gasteiger partial charge in [0.05, 0.1) is 0 Å². The minimum atomic E-state index is 0.602. The molecule has 1 saturated heterocycles. The van der Waals surface area contributed by atoms with Crippen molar-refractivity contribution in [1.29, 1.82) is 0 Å². The molecule has 1 aromatic rings. The summed E-state index contributed by atoms with van der Waals surface area (Å²) in [6, 6.07) is 9.59. The molecule has 2 nitrogen and oxygen atoms in total. The average molecular weight is 295 g/mol. The molecule has 2 atom stereocenters. The highest BCUT2D eigenvalue weighted by atomic mass is 35.5. The minimum absolute atomic E-state index is 0.602. The Morgan fingerprint density at radius 1 is 1.40 bits per heavy atom. The summed E-state index contributed by atoms with van der Waals surface area (Å²) < 4.78 is 0. The van der Waals surface area contributed by atoms with Crippen molar-refractivity contribution >= 4 is 11.6 Å². The smallest absolute Gasteiger partial charge is 0.0409 e. The second-order valence-electron chi connectivity index (χ2n) is 5.94. The molecule has 1 heterocycles. The zero-order valence-electron chi connectivity index (χ0n) is 12.7. The third-order valence-corrected chi connectivity index (χ3v) is 4.44. The van der Waals surface area contributed by atoms with Crippen molar-refractivity contribution in [2.75, 3.05) is 13.1 Å². The molecule has 3 heteroatoms. The quantitative estimate of drug-likeness (QED) is 0.850. The molecule has 0 aliphatic carbocycles. The molecule has 112 valence electrons. The summed E-state index contributed by atoms with van der Waals surface area (Å²) in [7, 11) is 0. The topological polar surface area (TPSA) is 15.3 Å². The number of hydrogen-bond donors (Lipinski definition) is 1. The van der Waals surface area contributed by atoms with Crippen LogP contribution in [0.25, 0.3) is 0 Å². The second kappa shape index (κ2) is 8.02. The highest BCUT2D eigenvalue weighted by Crippen LogP contribution is 2.23. The van der Waals surface area contributed by atoms with Crippen LogP contribution in [-0.4, -0.2) is 30.1 Å². The maximum absolute atomic E-state index is 6.10. The number of rotatable bonds is 6. The Balaban J connectivity index is 1.96. The first-order chi connectivity index (χ1) is 9.69. The molecule has 0 bridgehead atoms. The Morgan fingerprint density at radius 2 is 2.25 bits per heavy atom. The lowest BCUT2D eigenvalue weighted by atomic mass is 9.95. The molecule has 2 rings (SSSR count). The Labute approximate surface area is 128 Å². The first kappa shape index (κ1) is 15.8. The van der Waals surface area contributed by atoms with Gasteiger partial charge in [0.2, 0.25) is 0 Å². The van der Waals surface area contributed by atoms with Crippen molar-refractivity contribution in [1.82, 2.24) is 10.2 Å². The standard InChI is InChI=1S/C17H27ClN2/c1-3-19-14(2)11-17-9-4-5-10-20(17)13-15-7-6-8-16(18)12-15/h6-8,12,14,17,19H,3-5,9-11,13H2,1-2H3. The van der Waals surface area contributed by atoms with Gasteiger partial charge < -0.3 is 5.32 Å². The van der Waals surface area contributed by atoms with E-state index in [0.717, 1.165) is 18.1 Å². The molecule has 1 fully saturated rings. The molecule has 1 aliphatic heterocycles. The summed E-state index contributed by atoms with van der Waals surface area (Å²) in [6.07, 6.45) is 5.27. The van der Waals surface area contributed by atoms with Crippen LogP contribution in [0.4, 0.5) is 0 Å². The largest absolute Gasteiger partial charge is 0.314 e. The number of piperidine rings is 1. The van der Waals surface area contributed by atoms with Gasteiger partial charge >= 0.3 is 0 Å². The van der Waals surface area contributed by atoms with Crippen LogP contribution in [0.5, 0.6) is 0 Å². The van der Waals surface area contributed by atoms with Gasteiger partial charge in [0.15, 0.2) is 0 Å². The van der Waals surface area contributed by atoms with E-state index in [4.69, 9.17) is 11.6 Å². The van der Waals surface area contributed by atoms with Crippen LogP contribution in [0.2, 0.25) is 5.02 Å². The number of benzene rings is 1. The van der Waals surface area contributed by atoms with E-state index in [0.29, 0.717) is 12.1 Å². The van der Waals surface area contributed by atoms with Crippen LogP contribution < -0.4 is 5.32 Å². The molecule has 2 unspecified atom stereocenters. The third kappa shape index (κ3) is 4.76. The van der Waals surface area contributed by atoms with Crippen molar-refractivity contribution in [2.45, 2.75) is 58.2 Å². The highest BCUT2D eigenvalue weighted by molar-refractivity contribution is 6.30. The van der Waals surface area contributed by atoms with Crippen LogP contribution in [-0.2, 0) is 6.54 Å². The van der Waals surface area contributed by atoms with E-state index in [2.05, 4.69) is 42.3 Å². The number of nitrogens with zero attached hydrogens (tertiary/aromatic N) is 1. The van der Waals surface area contributed by atoms with E-state index < -0.39 is 0 Å². The van der Waals surface area contributed by atoms with Gasteiger partial charge in [-0.1, -0.05) is 37.1 Å². The van der Waals surface area contributed by atoms with Gasteiger partial charge in [0.25, 0.3) is 0 Å². The summed E-state index contributed by atoms with van der Waals surface area (Å²) in [5.41, 5.74) is 1.33. The molecule has 1 aromatic carbocycles. The average Bonchev–Trinajstić information content (AvgIpc) is 2.41. The van der Waals surface area contributed by atoms with Crippen LogP contribution in [0.15, 0.2) is 24.3 Å². The Hall–Kier alpha value is -0.570. The number of hydrogen-bond acceptors (Lipinski definition) is 2. The summed E-state index contributed by atoms with van der Waals surface area (Å²) >= 11 is 6.10. The van der Waals surface area contributed by atoms with Gasteiger partial charge in [-0.3, -0.25) is 4.90 Å². The van der Waals surface area contributed by atoms with E-state index in [9.17, 15) is 0 Å². The third-order valence-electron chi connectivity index (χ3n) is 4.20. The lowest BCUT2D eigenvalue weighted by Gasteiger charge is -2.37. The van der Waals surface area contributed by atoms with Crippen LogP contribution in [0, 0.1) is 0 Å². The SMILES string of the molecule is CCNC(C)CC1CCCCN1Cc1cccc(Cl)c1. The summed E-state index contributed by atoms with van der Waals surface area (Å²) in [4.78, 5) is 2.64. The van der Waals surface area contributed by atoms with Crippen molar-refractivity contribution in [3.05, 3.63) is 34.9 Å². The Kier molecular flexibility index (Phi) is 6.34. The fraction of sp³-hybridized carbons (Fsp3) is 0.647. The van der Waals surface area contributed by atoms with E-state index >= 15 is 0 Å². The summed E-state index contributed by atoms with van der Waals surface area (Å²) in [5, 5.41) is 4.38. The van der Waals surface area contributed by atoms with Crippen LogP contribution in [0.3, 0.4) is 0 Å². The zero-order chi connectivity index (χ0) is 14.4. The van der Waals surface area contributed by atoms with E-state index in [-0.39, 0.29) is 0 Å². The predicted molar refractivity (Wildman–Crippen MR) is 87.3 cm³/mol. The van der Waals surface area contributed by atoms with Gasteiger partial charge in [-0.2, -0.15) is 0 Å². The lowest BCUT2D eigenvalue weighted by Crippen LogP contribution is -2.43. The van der Waals surface area contributed by atoms with Crippen molar-refractivity contribution < 1.29 is 0 Å². The molecular formula is C17H27ClN2. The van der Waals surface area contributed by atoms with Crippen molar-refractivity contribution in [2.24, 2.45) is 0 Å². The lowest BCUT2D eigenvalue weighted by molar-refractivity contribution is 0.124. The second-order valence-corrected chi connectivity index (χ2v) is 6.38. The first-order valence-electron chi connectivity index (χ1n) is 7.91. The van der Waals surface area contributed by atoms with E-state index in [1.54, 1.807) is 0 Å². The normalized spacial score (nSPS) is 21.9. The number of nitrogens with one attached hydrogen (secondary N) is 1. The molecule has 1 aliphatic rings. The molecule has 20 heavy (non-hydrogen) atoms. The number of halogens is 1. The molecule has 0 aromatic heterocycles. The monoisotopic (exact) mass is 294 g/mol. The Bertz CT molecular complexity index is 408. The molecular weight excluding hydrogens is 268 g/mol. The first-order valence-corrected chi connectivity index (χ1v) is 8.28. The fourth-order valence-electron chi connectivity index (χ4n) is 3.24. The summed E-state index contributed by atoms with van der Waals surface area (Å²) in [5.74, 6) is 0. The predicted octanol–water partition coefficient (Wildman–Crippen LogP) is 4.08. The molecule has 0 saturated carbocycles. The van der Waals surface area contributed by atoms with Gasteiger partial charge in [0.1, 0.15) is 0 Å². The summed E-state index contributed by atoms with van der Waals surface area (Å²) in [6.45, 7) is 7.79. The molecule has 0 spiro atoms. The van der Waals surface area contributed by atoms with Crippen LogP contribution >= 0.6 is 11.6 Å². The van der Waals surface area contributed by atoms with Crippen molar-refractivity contribution in [3.63, 3.8) is 0 Å². The van der Waals surface area contributed by atoms with Crippen LogP contribution in [0.1, 0.15) is 45.1 Å². The highest BCUT2D eigenvalue weighted by Gasteiger charge is 2.23. The molecule has 1 N–H and O–H groups in total. The zero-order valence-corrected chi connectivity index (χ0v) is 13.5. The van der Waals surface area contributed by atoms with Gasteiger partial charge in [-0.25, -0.2) is 0 Å². The minimum Gasteiger partial charge on any atom is -0.314 e. The number of likely N-dealkylation sites (tertiary alicyclic amines) is 1. The maximum Gasteiger partial charge on any atom is 0.0409 e. The van der Waals surface area contributed by atoms with Gasteiger partial charge in [-0.05, 0) is 57.0 Å². The maximum atomic E-state index is 6.10.